The number of carbonyl (C=O) groups excluding carboxylic acids is 1. The van der Waals surface area contributed by atoms with E-state index in [0.29, 0.717) is 12.8 Å². The maximum absolute atomic E-state index is 11.9. The molecule has 112 valence electrons. The van der Waals surface area contributed by atoms with Crippen molar-refractivity contribution in [3.05, 3.63) is 57.8 Å². The van der Waals surface area contributed by atoms with Crippen molar-refractivity contribution in [1.29, 1.82) is 0 Å². The van der Waals surface area contributed by atoms with Crippen molar-refractivity contribution in [2.45, 2.75) is 32.3 Å². The van der Waals surface area contributed by atoms with Gasteiger partial charge in [-0.05, 0) is 37.3 Å². The van der Waals surface area contributed by atoms with Gasteiger partial charge in [-0.15, -0.1) is 11.3 Å². The first-order valence-corrected chi connectivity index (χ1v) is 7.94. The molecule has 1 atom stereocenters. The summed E-state index contributed by atoms with van der Waals surface area (Å²) in [4.78, 5) is 12.8. The molecule has 1 aromatic heterocycles. The maximum atomic E-state index is 11.9. The summed E-state index contributed by atoms with van der Waals surface area (Å²) >= 11 is 1.49. The van der Waals surface area contributed by atoms with Crippen LogP contribution in [0.3, 0.4) is 0 Å². The molecule has 3 nitrogen and oxygen atoms in total. The van der Waals surface area contributed by atoms with Crippen molar-refractivity contribution in [3.63, 3.8) is 0 Å². The molecule has 2 N–H and O–H groups in total. The van der Waals surface area contributed by atoms with Crippen molar-refractivity contribution in [3.8, 4) is 0 Å². The van der Waals surface area contributed by atoms with E-state index >= 15 is 0 Å². The van der Waals surface area contributed by atoms with Crippen molar-refractivity contribution in [2.24, 2.45) is 0 Å². The van der Waals surface area contributed by atoms with E-state index in [9.17, 15) is 9.90 Å². The Labute approximate surface area is 129 Å². The Morgan fingerprint density at radius 2 is 2.14 bits per heavy atom. The third-order valence-corrected chi connectivity index (χ3v) is 4.53. The van der Waals surface area contributed by atoms with Crippen molar-refractivity contribution >= 4 is 17.2 Å². The molecule has 2 aromatic rings. The predicted octanol–water partition coefficient (Wildman–Crippen LogP) is 3.01. The second-order valence-electron chi connectivity index (χ2n) is 5.52. The molecule has 1 amide bonds. The standard InChI is InChI=1S/C17H21NO2S/c1-13-5-3-6-14(11-13)8-9-16(19)18-12-17(2,20)15-7-4-10-21-15/h3-7,10-11,20H,8-9,12H2,1-2H3,(H,18,19). The average molecular weight is 303 g/mol. The van der Waals surface area contributed by atoms with Gasteiger partial charge in [0.15, 0.2) is 0 Å². The Morgan fingerprint density at radius 3 is 2.81 bits per heavy atom. The summed E-state index contributed by atoms with van der Waals surface area (Å²) in [6.45, 7) is 4.00. The quantitative estimate of drug-likeness (QED) is 0.862. The number of rotatable bonds is 6. The summed E-state index contributed by atoms with van der Waals surface area (Å²) in [6, 6.07) is 11.9. The molecule has 1 unspecified atom stereocenters. The Hall–Kier alpha value is -1.65. The maximum Gasteiger partial charge on any atom is 0.220 e. The summed E-state index contributed by atoms with van der Waals surface area (Å²) in [7, 11) is 0. The van der Waals surface area contributed by atoms with Crippen molar-refractivity contribution in [1.82, 2.24) is 5.32 Å². The van der Waals surface area contributed by atoms with Crippen LogP contribution < -0.4 is 5.32 Å². The SMILES string of the molecule is Cc1cccc(CCC(=O)NCC(C)(O)c2cccs2)c1. The molecule has 0 spiro atoms. The fraction of sp³-hybridized carbons (Fsp3) is 0.353. The van der Waals surface area contributed by atoms with Gasteiger partial charge in [-0.3, -0.25) is 4.79 Å². The van der Waals surface area contributed by atoms with Gasteiger partial charge in [0.1, 0.15) is 5.60 Å². The fourth-order valence-corrected chi connectivity index (χ4v) is 2.94. The highest BCUT2D eigenvalue weighted by molar-refractivity contribution is 7.10. The zero-order valence-corrected chi connectivity index (χ0v) is 13.2. The minimum atomic E-state index is -1.01. The molecule has 0 aliphatic carbocycles. The highest BCUT2D eigenvalue weighted by Gasteiger charge is 2.24. The van der Waals surface area contributed by atoms with Crippen molar-refractivity contribution < 1.29 is 9.90 Å². The van der Waals surface area contributed by atoms with E-state index in [4.69, 9.17) is 0 Å². The summed E-state index contributed by atoms with van der Waals surface area (Å²) < 4.78 is 0. The molecule has 4 heteroatoms. The molecule has 0 radical (unpaired) electrons. The predicted molar refractivity (Wildman–Crippen MR) is 86.4 cm³/mol. The second-order valence-corrected chi connectivity index (χ2v) is 6.46. The van der Waals surface area contributed by atoms with Gasteiger partial charge in [0.25, 0.3) is 0 Å². The summed E-state index contributed by atoms with van der Waals surface area (Å²) in [5.41, 5.74) is 1.36. The zero-order chi connectivity index (χ0) is 15.3. The van der Waals surface area contributed by atoms with Gasteiger partial charge in [0.2, 0.25) is 5.91 Å². The van der Waals surface area contributed by atoms with Gasteiger partial charge < -0.3 is 10.4 Å². The molecule has 0 bridgehead atoms. The minimum Gasteiger partial charge on any atom is -0.383 e. The molecule has 0 aliphatic rings. The number of thiophene rings is 1. The number of nitrogens with one attached hydrogen (secondary N) is 1. The molecule has 0 fully saturated rings. The smallest absolute Gasteiger partial charge is 0.220 e. The third kappa shape index (κ3) is 4.69. The molecule has 0 saturated heterocycles. The lowest BCUT2D eigenvalue weighted by molar-refractivity contribution is -0.122. The van der Waals surface area contributed by atoms with Gasteiger partial charge in [-0.2, -0.15) is 0 Å². The van der Waals surface area contributed by atoms with E-state index in [-0.39, 0.29) is 12.5 Å². The fourth-order valence-electron chi connectivity index (χ4n) is 2.16. The van der Waals surface area contributed by atoms with E-state index < -0.39 is 5.60 Å². The van der Waals surface area contributed by atoms with Crippen LogP contribution in [0.15, 0.2) is 41.8 Å². The first-order valence-electron chi connectivity index (χ1n) is 7.06. The van der Waals surface area contributed by atoms with Crippen LogP contribution in [-0.2, 0) is 16.8 Å². The lowest BCUT2D eigenvalue weighted by Crippen LogP contribution is -2.38. The molecule has 1 aromatic carbocycles. The van der Waals surface area contributed by atoms with Crippen LogP contribution in [-0.4, -0.2) is 17.6 Å². The summed E-state index contributed by atoms with van der Waals surface area (Å²) in [5.74, 6) is -0.0339. The molecular weight excluding hydrogens is 282 g/mol. The Bertz CT molecular complexity index is 591. The highest BCUT2D eigenvalue weighted by Crippen LogP contribution is 2.24. The van der Waals surface area contributed by atoms with Gasteiger partial charge in [-0.25, -0.2) is 0 Å². The van der Waals surface area contributed by atoms with Crippen LogP contribution in [0.1, 0.15) is 29.3 Å². The largest absolute Gasteiger partial charge is 0.383 e. The van der Waals surface area contributed by atoms with Crippen LogP contribution in [0.4, 0.5) is 0 Å². The van der Waals surface area contributed by atoms with Crippen LogP contribution >= 0.6 is 11.3 Å². The van der Waals surface area contributed by atoms with E-state index in [2.05, 4.69) is 11.4 Å². The number of benzene rings is 1. The summed E-state index contributed by atoms with van der Waals surface area (Å²) in [5, 5.41) is 15.1. The van der Waals surface area contributed by atoms with E-state index in [1.54, 1.807) is 6.92 Å². The average Bonchev–Trinajstić information content (AvgIpc) is 2.98. The Balaban J connectivity index is 1.80. The van der Waals surface area contributed by atoms with E-state index in [1.807, 2.05) is 42.6 Å². The molecule has 0 aliphatic heterocycles. The highest BCUT2D eigenvalue weighted by atomic mass is 32.1. The number of hydrogen-bond donors (Lipinski definition) is 2. The number of aliphatic hydroxyl groups is 1. The van der Waals surface area contributed by atoms with E-state index in [1.165, 1.54) is 16.9 Å². The first-order chi connectivity index (χ1) is 9.97. The lowest BCUT2D eigenvalue weighted by atomic mass is 10.0. The van der Waals surface area contributed by atoms with Crippen LogP contribution in [0, 0.1) is 6.92 Å². The zero-order valence-electron chi connectivity index (χ0n) is 12.4. The number of hydrogen-bond acceptors (Lipinski definition) is 3. The topological polar surface area (TPSA) is 49.3 Å². The molecule has 2 rings (SSSR count). The molecular formula is C17H21NO2S. The molecule has 1 heterocycles. The van der Waals surface area contributed by atoms with Gasteiger partial charge in [-0.1, -0.05) is 35.9 Å². The monoisotopic (exact) mass is 303 g/mol. The van der Waals surface area contributed by atoms with Crippen molar-refractivity contribution in [2.75, 3.05) is 6.54 Å². The van der Waals surface area contributed by atoms with Crippen LogP contribution in [0.2, 0.25) is 0 Å². The van der Waals surface area contributed by atoms with Gasteiger partial charge in [0.05, 0.1) is 6.54 Å². The molecule has 21 heavy (non-hydrogen) atoms. The lowest BCUT2D eigenvalue weighted by Gasteiger charge is -2.22. The summed E-state index contributed by atoms with van der Waals surface area (Å²) in [6.07, 6.45) is 1.15. The Morgan fingerprint density at radius 1 is 1.33 bits per heavy atom. The van der Waals surface area contributed by atoms with E-state index in [0.717, 1.165) is 10.4 Å². The van der Waals surface area contributed by atoms with Crippen LogP contribution in [0.5, 0.6) is 0 Å². The normalized spacial score (nSPS) is 13.7. The number of carbonyl (C=O) groups is 1. The molecule has 0 saturated carbocycles. The Kier molecular flexibility index (Phi) is 5.15. The second kappa shape index (κ2) is 6.87. The third-order valence-electron chi connectivity index (χ3n) is 3.40. The minimum absolute atomic E-state index is 0.0339. The van der Waals surface area contributed by atoms with Gasteiger partial charge >= 0.3 is 0 Å². The van der Waals surface area contributed by atoms with Gasteiger partial charge in [0, 0.05) is 11.3 Å². The number of aryl methyl sites for hydroxylation is 2. The van der Waals surface area contributed by atoms with Crippen LogP contribution in [0.25, 0.3) is 0 Å². The first kappa shape index (κ1) is 15.7. The number of amides is 1.